The van der Waals surface area contributed by atoms with Gasteiger partial charge in [0.15, 0.2) is 0 Å². The van der Waals surface area contributed by atoms with Gasteiger partial charge in [0.25, 0.3) is 0 Å². The number of hydrogen-bond donors (Lipinski definition) is 2. The van der Waals surface area contributed by atoms with Crippen LogP contribution in [0.25, 0.3) is 11.1 Å². The summed E-state index contributed by atoms with van der Waals surface area (Å²) in [7, 11) is 0. The molecule has 0 saturated carbocycles. The predicted octanol–water partition coefficient (Wildman–Crippen LogP) is 2.65. The maximum absolute atomic E-state index is 11.0. The second kappa shape index (κ2) is 4.49. The molecule has 18 heavy (non-hydrogen) atoms. The van der Waals surface area contributed by atoms with E-state index in [9.17, 15) is 4.79 Å². The number of nitrogens with two attached hydrogens (primary N) is 1. The molecule has 0 saturated heterocycles. The number of aryl methyl sites for hydroxylation is 2. The summed E-state index contributed by atoms with van der Waals surface area (Å²) >= 11 is 0. The number of carboxylic acid groups (broad SMARTS) is 1. The highest BCUT2D eigenvalue weighted by Crippen LogP contribution is 2.24. The summed E-state index contributed by atoms with van der Waals surface area (Å²) in [4.78, 5) is 15.0. The monoisotopic (exact) mass is 242 g/mol. The number of nitrogen functional groups attached to an aromatic ring is 1. The molecule has 4 nitrogen and oxygen atoms in total. The standard InChI is InChI=1S/C14H14N2O2/c1-8-3-9(2)5-10(4-8)11-6-12(14(17)18)13(15)16-7-11/h3-7H,1-2H3,(H2,15,16)(H,17,18). The lowest BCUT2D eigenvalue weighted by molar-refractivity contribution is 0.0698. The lowest BCUT2D eigenvalue weighted by atomic mass is 10.0. The van der Waals surface area contributed by atoms with E-state index in [1.165, 1.54) is 0 Å². The molecule has 0 aliphatic heterocycles. The zero-order chi connectivity index (χ0) is 13.3. The minimum atomic E-state index is -1.06. The van der Waals surface area contributed by atoms with Crippen molar-refractivity contribution >= 4 is 11.8 Å². The Bertz CT molecular complexity index is 601. The van der Waals surface area contributed by atoms with E-state index in [-0.39, 0.29) is 11.4 Å². The first-order chi connectivity index (χ1) is 8.47. The van der Waals surface area contributed by atoms with Gasteiger partial charge in [-0.25, -0.2) is 9.78 Å². The minimum Gasteiger partial charge on any atom is -0.478 e. The van der Waals surface area contributed by atoms with Crippen molar-refractivity contribution < 1.29 is 9.90 Å². The molecule has 0 aliphatic carbocycles. The van der Waals surface area contributed by atoms with Gasteiger partial charge >= 0.3 is 5.97 Å². The fourth-order valence-electron chi connectivity index (χ4n) is 1.95. The number of aromatic nitrogens is 1. The molecule has 2 rings (SSSR count). The van der Waals surface area contributed by atoms with Crippen molar-refractivity contribution in [2.45, 2.75) is 13.8 Å². The van der Waals surface area contributed by atoms with Crippen molar-refractivity contribution in [3.05, 3.63) is 47.2 Å². The molecular formula is C14H14N2O2. The van der Waals surface area contributed by atoms with Crippen LogP contribution in [-0.4, -0.2) is 16.1 Å². The molecule has 0 amide bonds. The summed E-state index contributed by atoms with van der Waals surface area (Å²) in [6.07, 6.45) is 1.59. The molecule has 0 unspecified atom stereocenters. The number of hydrogen-bond acceptors (Lipinski definition) is 3. The molecule has 1 aromatic heterocycles. The van der Waals surface area contributed by atoms with Crippen LogP contribution < -0.4 is 5.73 Å². The van der Waals surface area contributed by atoms with Crippen LogP contribution in [-0.2, 0) is 0 Å². The summed E-state index contributed by atoms with van der Waals surface area (Å²) in [5.41, 5.74) is 9.52. The van der Waals surface area contributed by atoms with Crippen molar-refractivity contribution in [1.82, 2.24) is 4.98 Å². The molecule has 1 aromatic carbocycles. The fourth-order valence-corrected chi connectivity index (χ4v) is 1.95. The van der Waals surface area contributed by atoms with Crippen molar-refractivity contribution in [2.24, 2.45) is 0 Å². The van der Waals surface area contributed by atoms with Crippen LogP contribution in [0.3, 0.4) is 0 Å². The molecule has 0 atom stereocenters. The molecular weight excluding hydrogens is 228 g/mol. The molecule has 0 spiro atoms. The largest absolute Gasteiger partial charge is 0.478 e. The molecule has 2 aromatic rings. The predicted molar refractivity (Wildman–Crippen MR) is 70.5 cm³/mol. The summed E-state index contributed by atoms with van der Waals surface area (Å²) in [5, 5.41) is 9.03. The summed E-state index contributed by atoms with van der Waals surface area (Å²) in [6, 6.07) is 7.60. The van der Waals surface area contributed by atoms with Crippen LogP contribution in [0.1, 0.15) is 21.5 Å². The Labute approximate surface area is 105 Å². The third kappa shape index (κ3) is 2.32. The molecule has 92 valence electrons. The van der Waals surface area contributed by atoms with E-state index in [1.807, 2.05) is 26.0 Å². The smallest absolute Gasteiger partial charge is 0.339 e. The fraction of sp³-hybridized carbons (Fsp3) is 0.143. The summed E-state index contributed by atoms with van der Waals surface area (Å²) in [6.45, 7) is 4.00. The zero-order valence-electron chi connectivity index (χ0n) is 10.3. The van der Waals surface area contributed by atoms with E-state index in [1.54, 1.807) is 12.3 Å². The van der Waals surface area contributed by atoms with Crippen molar-refractivity contribution in [3.63, 3.8) is 0 Å². The maximum atomic E-state index is 11.0. The Balaban J connectivity index is 2.57. The van der Waals surface area contributed by atoms with E-state index in [0.717, 1.165) is 22.3 Å². The third-order valence-electron chi connectivity index (χ3n) is 2.70. The van der Waals surface area contributed by atoms with Crippen LogP contribution in [0.5, 0.6) is 0 Å². The molecule has 0 fully saturated rings. The molecule has 4 heteroatoms. The Hall–Kier alpha value is -2.36. The Morgan fingerprint density at radius 1 is 1.11 bits per heavy atom. The van der Waals surface area contributed by atoms with Gasteiger partial charge in [-0.2, -0.15) is 0 Å². The van der Waals surface area contributed by atoms with Gasteiger partial charge in [0.1, 0.15) is 11.4 Å². The average Bonchev–Trinajstić information content (AvgIpc) is 2.27. The van der Waals surface area contributed by atoms with Gasteiger partial charge in [-0.05, 0) is 25.5 Å². The van der Waals surface area contributed by atoms with Crippen molar-refractivity contribution in [2.75, 3.05) is 5.73 Å². The topological polar surface area (TPSA) is 76.2 Å². The molecule has 0 radical (unpaired) electrons. The Kier molecular flexibility index (Phi) is 3.02. The number of nitrogens with zero attached hydrogens (tertiary/aromatic N) is 1. The number of benzene rings is 1. The van der Waals surface area contributed by atoms with Crippen LogP contribution in [0.2, 0.25) is 0 Å². The van der Waals surface area contributed by atoms with Crippen molar-refractivity contribution in [3.8, 4) is 11.1 Å². The zero-order valence-corrected chi connectivity index (χ0v) is 10.3. The van der Waals surface area contributed by atoms with E-state index in [0.29, 0.717) is 0 Å². The number of pyridine rings is 1. The lowest BCUT2D eigenvalue weighted by Gasteiger charge is -2.07. The number of carbonyl (C=O) groups is 1. The van der Waals surface area contributed by atoms with Gasteiger partial charge in [0, 0.05) is 11.8 Å². The Morgan fingerprint density at radius 3 is 2.28 bits per heavy atom. The van der Waals surface area contributed by atoms with Gasteiger partial charge in [-0.3, -0.25) is 0 Å². The van der Waals surface area contributed by atoms with Gasteiger partial charge in [-0.15, -0.1) is 0 Å². The van der Waals surface area contributed by atoms with Crippen molar-refractivity contribution in [1.29, 1.82) is 0 Å². The highest BCUT2D eigenvalue weighted by Gasteiger charge is 2.11. The first-order valence-corrected chi connectivity index (χ1v) is 5.55. The second-order valence-electron chi connectivity index (χ2n) is 4.34. The summed E-state index contributed by atoms with van der Waals surface area (Å²) in [5.74, 6) is -1.03. The molecule has 1 heterocycles. The van der Waals surface area contributed by atoms with Gasteiger partial charge in [0.05, 0.1) is 0 Å². The second-order valence-corrected chi connectivity index (χ2v) is 4.34. The van der Waals surface area contributed by atoms with E-state index in [4.69, 9.17) is 10.8 Å². The first kappa shape index (κ1) is 12.1. The normalized spacial score (nSPS) is 10.3. The lowest BCUT2D eigenvalue weighted by Crippen LogP contribution is -2.04. The molecule has 0 aliphatic rings. The van der Waals surface area contributed by atoms with Crippen LogP contribution in [0.15, 0.2) is 30.5 Å². The molecule has 3 N–H and O–H groups in total. The van der Waals surface area contributed by atoms with E-state index in [2.05, 4.69) is 11.1 Å². The molecule has 0 bridgehead atoms. The number of carboxylic acids is 1. The number of rotatable bonds is 2. The summed E-state index contributed by atoms with van der Waals surface area (Å²) < 4.78 is 0. The van der Waals surface area contributed by atoms with Crippen LogP contribution in [0, 0.1) is 13.8 Å². The highest BCUT2D eigenvalue weighted by atomic mass is 16.4. The van der Waals surface area contributed by atoms with E-state index >= 15 is 0 Å². The minimum absolute atomic E-state index is 0.0339. The number of aromatic carboxylic acids is 1. The first-order valence-electron chi connectivity index (χ1n) is 5.55. The van der Waals surface area contributed by atoms with Gasteiger partial charge in [0.2, 0.25) is 0 Å². The van der Waals surface area contributed by atoms with Crippen LogP contribution in [0.4, 0.5) is 5.82 Å². The average molecular weight is 242 g/mol. The van der Waals surface area contributed by atoms with E-state index < -0.39 is 5.97 Å². The maximum Gasteiger partial charge on any atom is 0.339 e. The Morgan fingerprint density at radius 2 is 1.72 bits per heavy atom. The third-order valence-corrected chi connectivity index (χ3v) is 2.70. The van der Waals surface area contributed by atoms with Crippen LogP contribution >= 0.6 is 0 Å². The SMILES string of the molecule is Cc1cc(C)cc(-c2cnc(N)c(C(=O)O)c2)c1. The van der Waals surface area contributed by atoms with Gasteiger partial charge in [-0.1, -0.05) is 29.3 Å². The quantitative estimate of drug-likeness (QED) is 0.848. The number of anilines is 1. The van der Waals surface area contributed by atoms with Gasteiger partial charge < -0.3 is 10.8 Å². The highest BCUT2D eigenvalue weighted by molar-refractivity contribution is 5.94.